The van der Waals surface area contributed by atoms with Crippen molar-refractivity contribution in [3.05, 3.63) is 86.3 Å². The molecule has 5 rings (SSSR count). The largest absolute Gasteiger partial charge is 0.508 e. The van der Waals surface area contributed by atoms with Gasteiger partial charge in [0.25, 0.3) is 11.5 Å². The smallest absolute Gasteiger partial charge is 0.271 e. The van der Waals surface area contributed by atoms with E-state index in [2.05, 4.69) is 10.5 Å². The molecule has 0 aliphatic heterocycles. The number of fused-ring (bicyclic) bond motifs is 3. The molecule has 0 spiro atoms. The van der Waals surface area contributed by atoms with Gasteiger partial charge in [-0.15, -0.1) is 11.3 Å². The molecule has 0 atom stereocenters. The first kappa shape index (κ1) is 21.1. The minimum absolute atomic E-state index is 0.0835. The molecule has 0 saturated carbocycles. The van der Waals surface area contributed by atoms with Gasteiger partial charge < -0.3 is 5.11 Å². The number of benzene rings is 2. The first-order chi connectivity index (χ1) is 16.0. The highest BCUT2D eigenvalue weighted by Gasteiger charge is 2.22. The van der Waals surface area contributed by atoms with Crippen LogP contribution in [0.5, 0.6) is 5.75 Å². The lowest BCUT2D eigenvalue weighted by molar-refractivity contribution is 0.0955. The third-order valence-electron chi connectivity index (χ3n) is 5.80. The normalized spacial score (nSPS) is 13.4. The van der Waals surface area contributed by atoms with E-state index in [0.29, 0.717) is 22.5 Å². The molecular weight excluding hydrogens is 436 g/mol. The molecule has 8 heteroatoms. The zero-order valence-electron chi connectivity index (χ0n) is 18.0. The molecule has 1 aliphatic rings. The van der Waals surface area contributed by atoms with E-state index in [9.17, 15) is 14.7 Å². The number of aryl methyl sites for hydroxylation is 3. The number of phenolic OH excluding ortho intramolecular Hbond substituents is 1. The summed E-state index contributed by atoms with van der Waals surface area (Å²) in [4.78, 5) is 32.9. The van der Waals surface area contributed by atoms with Gasteiger partial charge in [-0.25, -0.2) is 10.4 Å². The first-order valence-electron chi connectivity index (χ1n) is 10.8. The van der Waals surface area contributed by atoms with Crippen molar-refractivity contribution in [2.75, 3.05) is 0 Å². The number of aromatic nitrogens is 2. The zero-order chi connectivity index (χ0) is 22.9. The summed E-state index contributed by atoms with van der Waals surface area (Å²) in [6.45, 7) is 1.81. The fourth-order valence-corrected chi connectivity index (χ4v) is 5.48. The Hall–Kier alpha value is -3.78. The second-order valence-corrected chi connectivity index (χ2v) is 9.12. The van der Waals surface area contributed by atoms with Crippen LogP contribution < -0.4 is 11.0 Å². The van der Waals surface area contributed by atoms with Gasteiger partial charge in [0.15, 0.2) is 0 Å². The Morgan fingerprint density at radius 3 is 2.79 bits per heavy atom. The lowest BCUT2D eigenvalue weighted by Gasteiger charge is -2.12. The molecule has 0 fully saturated rings. The summed E-state index contributed by atoms with van der Waals surface area (Å²) in [5.74, 6) is 0.364. The van der Waals surface area contributed by atoms with Crippen molar-refractivity contribution in [1.82, 2.24) is 15.0 Å². The highest BCUT2D eigenvalue weighted by molar-refractivity contribution is 7.18. The summed E-state index contributed by atoms with van der Waals surface area (Å²) in [5.41, 5.74) is 5.28. The van der Waals surface area contributed by atoms with E-state index >= 15 is 0 Å². The molecule has 33 heavy (non-hydrogen) atoms. The van der Waals surface area contributed by atoms with Gasteiger partial charge in [-0.05, 0) is 86.2 Å². The van der Waals surface area contributed by atoms with E-state index in [0.717, 1.165) is 41.6 Å². The van der Waals surface area contributed by atoms with Crippen LogP contribution in [0.3, 0.4) is 0 Å². The molecule has 2 N–H and O–H groups in total. The van der Waals surface area contributed by atoms with E-state index in [1.54, 1.807) is 64.4 Å². The Bertz CT molecular complexity index is 1450. The maximum absolute atomic E-state index is 13.5. The Labute approximate surface area is 194 Å². The second-order valence-electron chi connectivity index (χ2n) is 8.03. The minimum atomic E-state index is -0.389. The van der Waals surface area contributed by atoms with E-state index in [4.69, 9.17) is 4.98 Å². The number of rotatable bonds is 4. The predicted molar refractivity (Wildman–Crippen MR) is 130 cm³/mol. The lowest BCUT2D eigenvalue weighted by Crippen LogP contribution is -2.23. The average molecular weight is 459 g/mol. The topological polar surface area (TPSA) is 96.6 Å². The van der Waals surface area contributed by atoms with Crippen LogP contribution in [0.2, 0.25) is 0 Å². The van der Waals surface area contributed by atoms with E-state index in [1.165, 1.54) is 11.1 Å². The molecule has 4 aromatic rings. The van der Waals surface area contributed by atoms with Crippen molar-refractivity contribution in [2.24, 2.45) is 5.10 Å². The van der Waals surface area contributed by atoms with E-state index in [-0.39, 0.29) is 17.2 Å². The number of hydrazone groups is 1. The maximum Gasteiger partial charge on any atom is 0.271 e. The Morgan fingerprint density at radius 1 is 1.18 bits per heavy atom. The van der Waals surface area contributed by atoms with Gasteiger partial charge in [0.1, 0.15) is 16.4 Å². The molecule has 0 bridgehead atoms. The second kappa shape index (κ2) is 8.63. The fourth-order valence-electron chi connectivity index (χ4n) is 4.19. The predicted octanol–water partition coefficient (Wildman–Crippen LogP) is 4.10. The molecule has 0 unspecified atom stereocenters. The molecule has 7 nitrogen and oxygen atoms in total. The SMILES string of the molecule is Cc1nc2sc3c(c2c(=O)n1-c1cccc(C(=O)N/N=C/c2ccc(O)cc2)c1)CCCC3. The van der Waals surface area contributed by atoms with Crippen molar-refractivity contribution in [2.45, 2.75) is 32.6 Å². The number of hydrogen-bond donors (Lipinski definition) is 2. The Balaban J connectivity index is 1.46. The molecule has 2 aromatic carbocycles. The lowest BCUT2D eigenvalue weighted by atomic mass is 9.97. The zero-order valence-corrected chi connectivity index (χ0v) is 18.9. The van der Waals surface area contributed by atoms with E-state index < -0.39 is 0 Å². The number of hydrogen-bond acceptors (Lipinski definition) is 6. The van der Waals surface area contributed by atoms with Crippen LogP contribution in [0.4, 0.5) is 0 Å². The average Bonchev–Trinajstić information content (AvgIpc) is 3.19. The van der Waals surface area contributed by atoms with Crippen molar-refractivity contribution >= 4 is 33.7 Å². The number of nitrogens with one attached hydrogen (secondary N) is 1. The van der Waals surface area contributed by atoms with Crippen LogP contribution in [0, 0.1) is 6.92 Å². The van der Waals surface area contributed by atoms with Crippen LogP contribution in [0.15, 0.2) is 58.4 Å². The number of aromatic hydroxyl groups is 1. The van der Waals surface area contributed by atoms with E-state index in [1.807, 2.05) is 6.92 Å². The van der Waals surface area contributed by atoms with Crippen molar-refractivity contribution in [3.63, 3.8) is 0 Å². The van der Waals surface area contributed by atoms with Crippen molar-refractivity contribution < 1.29 is 9.90 Å². The van der Waals surface area contributed by atoms with Crippen LogP contribution >= 0.6 is 11.3 Å². The number of carbonyl (C=O) groups excluding carboxylic acids is 1. The van der Waals surface area contributed by atoms with Crippen molar-refractivity contribution in [3.8, 4) is 11.4 Å². The van der Waals surface area contributed by atoms with Crippen LogP contribution in [0.25, 0.3) is 15.9 Å². The summed E-state index contributed by atoms with van der Waals surface area (Å²) in [6.07, 6.45) is 5.66. The molecule has 2 heterocycles. The van der Waals surface area contributed by atoms with Crippen molar-refractivity contribution in [1.29, 1.82) is 0 Å². The molecule has 2 aromatic heterocycles. The third-order valence-corrected chi connectivity index (χ3v) is 6.98. The Morgan fingerprint density at radius 2 is 1.97 bits per heavy atom. The highest BCUT2D eigenvalue weighted by Crippen LogP contribution is 2.34. The van der Waals surface area contributed by atoms with Crippen LogP contribution in [0.1, 0.15) is 45.0 Å². The number of phenols is 1. The van der Waals surface area contributed by atoms with Crippen LogP contribution in [-0.2, 0) is 12.8 Å². The van der Waals surface area contributed by atoms with Gasteiger partial charge in [0, 0.05) is 10.4 Å². The Kier molecular flexibility index (Phi) is 5.51. The van der Waals surface area contributed by atoms with Crippen LogP contribution in [-0.4, -0.2) is 26.8 Å². The monoisotopic (exact) mass is 458 g/mol. The number of nitrogens with zero attached hydrogens (tertiary/aromatic N) is 3. The maximum atomic E-state index is 13.5. The number of carbonyl (C=O) groups is 1. The van der Waals surface area contributed by atoms with Gasteiger partial charge in [0.2, 0.25) is 0 Å². The highest BCUT2D eigenvalue weighted by atomic mass is 32.1. The van der Waals surface area contributed by atoms with Gasteiger partial charge in [0.05, 0.1) is 17.3 Å². The minimum Gasteiger partial charge on any atom is -0.508 e. The third kappa shape index (κ3) is 4.05. The summed E-state index contributed by atoms with van der Waals surface area (Å²) >= 11 is 1.63. The molecule has 0 radical (unpaired) electrons. The molecule has 1 aliphatic carbocycles. The summed E-state index contributed by atoms with van der Waals surface area (Å²) < 4.78 is 1.58. The first-order valence-corrected chi connectivity index (χ1v) is 11.6. The summed E-state index contributed by atoms with van der Waals surface area (Å²) in [6, 6.07) is 13.4. The number of amides is 1. The molecule has 1 amide bonds. The van der Waals surface area contributed by atoms with Gasteiger partial charge in [-0.2, -0.15) is 5.10 Å². The quantitative estimate of drug-likeness (QED) is 0.355. The summed E-state index contributed by atoms with van der Waals surface area (Å²) in [5, 5.41) is 14.0. The van der Waals surface area contributed by atoms with Gasteiger partial charge in [-0.1, -0.05) is 6.07 Å². The number of thiophene rings is 1. The van der Waals surface area contributed by atoms with Gasteiger partial charge in [-0.3, -0.25) is 14.2 Å². The molecule has 0 saturated heterocycles. The van der Waals surface area contributed by atoms with Gasteiger partial charge >= 0.3 is 0 Å². The fraction of sp³-hybridized carbons (Fsp3) is 0.200. The molecular formula is C25H22N4O3S. The molecule has 166 valence electrons. The standard InChI is InChI=1S/C25H22N4O3S/c1-15-27-24-22(20-7-2-3-8-21(20)33-24)25(32)29(15)18-6-4-5-17(13-18)23(31)28-26-14-16-9-11-19(30)12-10-16/h4-6,9-14,30H,2-3,7-8H2,1H3,(H,28,31)/b26-14+. The summed E-state index contributed by atoms with van der Waals surface area (Å²) in [7, 11) is 0.